The van der Waals surface area contributed by atoms with Crippen LogP contribution in [0, 0.1) is 0 Å². The molecule has 158 valence electrons. The number of amides is 1. The van der Waals surface area contributed by atoms with Crippen molar-refractivity contribution in [2.24, 2.45) is 0 Å². The molecule has 0 aliphatic carbocycles. The normalized spacial score (nSPS) is 11.3. The Morgan fingerprint density at radius 2 is 1.93 bits per heavy atom. The van der Waals surface area contributed by atoms with Gasteiger partial charge in [0.25, 0.3) is 5.91 Å². The predicted molar refractivity (Wildman–Crippen MR) is 116 cm³/mol. The van der Waals surface area contributed by atoms with E-state index in [1.165, 1.54) is 29.5 Å². The van der Waals surface area contributed by atoms with Crippen LogP contribution in [-0.4, -0.2) is 53.3 Å². The molecule has 9 nitrogen and oxygen atoms in total. The highest BCUT2D eigenvalue weighted by Gasteiger charge is 2.23. The smallest absolute Gasteiger partial charge is 0.333 e. The summed E-state index contributed by atoms with van der Waals surface area (Å²) >= 11 is 1.36. The number of fused-ring (bicyclic) bond motifs is 1. The maximum atomic E-state index is 12.2. The Labute approximate surface area is 176 Å². The summed E-state index contributed by atoms with van der Waals surface area (Å²) in [7, 11) is -1.10. The van der Waals surface area contributed by atoms with E-state index in [1.54, 1.807) is 19.0 Å². The molecule has 1 aromatic heterocycles. The standard InChI is InChI=1S/C19H20N3O6PS/c1-22(2)15-9-12(7-8-13(15)16(23)11-29(25,26)27)28-10-18(24)21-19-20-14-5-3-4-6-17(14)30-19/h3-9H,10-11H2,1-2H3,(H,20,21,24)(H2,25,26,27). The zero-order valence-corrected chi connectivity index (χ0v) is 17.9. The van der Waals surface area contributed by atoms with E-state index >= 15 is 0 Å². The fourth-order valence-corrected chi connectivity index (χ4v) is 4.14. The first-order chi connectivity index (χ1) is 14.1. The summed E-state index contributed by atoms with van der Waals surface area (Å²) < 4.78 is 17.6. The van der Waals surface area contributed by atoms with E-state index in [4.69, 9.17) is 14.5 Å². The van der Waals surface area contributed by atoms with Crippen LogP contribution in [0.15, 0.2) is 42.5 Å². The molecule has 0 fully saturated rings. The van der Waals surface area contributed by atoms with Gasteiger partial charge < -0.3 is 19.4 Å². The first-order valence-electron chi connectivity index (χ1n) is 8.80. The van der Waals surface area contributed by atoms with Crippen LogP contribution in [0.4, 0.5) is 10.8 Å². The third kappa shape index (κ3) is 5.64. The monoisotopic (exact) mass is 449 g/mol. The molecule has 3 rings (SSSR count). The van der Waals surface area contributed by atoms with E-state index in [0.717, 1.165) is 10.2 Å². The highest BCUT2D eigenvalue weighted by Crippen LogP contribution is 2.36. The van der Waals surface area contributed by atoms with Gasteiger partial charge in [-0.15, -0.1) is 0 Å². The van der Waals surface area contributed by atoms with Crippen LogP contribution in [0.25, 0.3) is 10.2 Å². The molecular formula is C19H20N3O6PS. The number of nitrogens with zero attached hydrogens (tertiary/aromatic N) is 2. The molecule has 30 heavy (non-hydrogen) atoms. The van der Waals surface area contributed by atoms with Crippen molar-refractivity contribution in [3.63, 3.8) is 0 Å². The summed E-state index contributed by atoms with van der Waals surface area (Å²) in [4.78, 5) is 48.5. The van der Waals surface area contributed by atoms with E-state index in [-0.39, 0.29) is 18.1 Å². The third-order valence-corrected chi connectivity index (χ3v) is 5.66. The van der Waals surface area contributed by atoms with E-state index in [0.29, 0.717) is 16.6 Å². The molecule has 1 heterocycles. The van der Waals surface area contributed by atoms with Crippen LogP contribution < -0.4 is 15.0 Å². The molecule has 0 atom stereocenters. The molecule has 0 saturated heterocycles. The van der Waals surface area contributed by atoms with Gasteiger partial charge in [-0.25, -0.2) is 4.98 Å². The SMILES string of the molecule is CN(C)c1cc(OCC(=O)Nc2nc3ccccc3s2)ccc1C(=O)CP(=O)(O)O. The number of carbonyl (C=O) groups is 2. The van der Waals surface area contributed by atoms with Crippen LogP contribution in [0.2, 0.25) is 0 Å². The second kappa shape index (κ2) is 8.93. The van der Waals surface area contributed by atoms with Gasteiger partial charge in [-0.1, -0.05) is 23.5 Å². The lowest BCUT2D eigenvalue weighted by molar-refractivity contribution is -0.118. The van der Waals surface area contributed by atoms with Crippen molar-refractivity contribution in [3.05, 3.63) is 48.0 Å². The van der Waals surface area contributed by atoms with Crippen molar-refractivity contribution in [1.29, 1.82) is 0 Å². The van der Waals surface area contributed by atoms with E-state index in [9.17, 15) is 14.2 Å². The number of hydrogen-bond acceptors (Lipinski definition) is 7. The van der Waals surface area contributed by atoms with Crippen molar-refractivity contribution in [2.45, 2.75) is 0 Å². The molecule has 11 heteroatoms. The Balaban J connectivity index is 1.67. The molecule has 3 aromatic rings. The predicted octanol–water partition coefficient (Wildman–Crippen LogP) is 2.74. The van der Waals surface area contributed by atoms with Gasteiger partial charge in [0.1, 0.15) is 11.9 Å². The number of rotatable bonds is 8. The maximum Gasteiger partial charge on any atom is 0.333 e. The molecule has 0 aliphatic heterocycles. The summed E-state index contributed by atoms with van der Waals surface area (Å²) in [6.45, 7) is -0.265. The molecular weight excluding hydrogens is 429 g/mol. The zero-order chi connectivity index (χ0) is 21.9. The highest BCUT2D eigenvalue weighted by molar-refractivity contribution is 7.52. The zero-order valence-electron chi connectivity index (χ0n) is 16.2. The largest absolute Gasteiger partial charge is 0.484 e. The fourth-order valence-electron chi connectivity index (χ4n) is 2.71. The van der Waals surface area contributed by atoms with Crippen LogP contribution in [0.1, 0.15) is 10.4 Å². The van der Waals surface area contributed by atoms with Gasteiger partial charge in [0.15, 0.2) is 17.5 Å². The average molecular weight is 449 g/mol. The van der Waals surface area contributed by atoms with Crippen molar-refractivity contribution < 1.29 is 28.7 Å². The summed E-state index contributed by atoms with van der Waals surface area (Å²) in [6.07, 6.45) is -0.876. The van der Waals surface area contributed by atoms with Gasteiger partial charge >= 0.3 is 7.60 Å². The Bertz CT molecular complexity index is 1110. The van der Waals surface area contributed by atoms with Crippen molar-refractivity contribution in [3.8, 4) is 5.75 Å². The van der Waals surface area contributed by atoms with E-state index in [2.05, 4.69) is 10.3 Å². The average Bonchev–Trinajstić information content (AvgIpc) is 3.06. The summed E-state index contributed by atoms with van der Waals surface area (Å²) in [5.74, 6) is -0.722. The van der Waals surface area contributed by atoms with Gasteiger partial charge in [0.2, 0.25) is 0 Å². The minimum Gasteiger partial charge on any atom is -0.484 e. The van der Waals surface area contributed by atoms with Crippen LogP contribution in [-0.2, 0) is 9.36 Å². The number of hydrogen-bond donors (Lipinski definition) is 3. The molecule has 1 amide bonds. The molecule has 0 unspecified atom stereocenters. The first-order valence-corrected chi connectivity index (χ1v) is 11.4. The second-order valence-electron chi connectivity index (χ2n) is 6.64. The van der Waals surface area contributed by atoms with Crippen molar-refractivity contribution in [1.82, 2.24) is 4.98 Å². The number of ether oxygens (including phenoxy) is 1. The minimum atomic E-state index is -4.48. The molecule has 0 bridgehead atoms. The number of ketones is 1. The van der Waals surface area contributed by atoms with Crippen LogP contribution in [0.5, 0.6) is 5.75 Å². The molecule has 2 aromatic carbocycles. The Hall–Kier alpha value is -2.78. The minimum absolute atomic E-state index is 0.162. The second-order valence-corrected chi connectivity index (χ2v) is 9.32. The number of aromatic nitrogens is 1. The summed E-state index contributed by atoms with van der Waals surface area (Å²) in [6, 6.07) is 12.0. The van der Waals surface area contributed by atoms with E-state index in [1.807, 2.05) is 24.3 Å². The number of Topliss-reactive ketones (excluding diaryl/α,β-unsaturated/α-hetero) is 1. The number of anilines is 2. The van der Waals surface area contributed by atoms with Crippen molar-refractivity contribution >= 4 is 51.7 Å². The Kier molecular flexibility index (Phi) is 6.52. The first kappa shape index (κ1) is 21.9. The van der Waals surface area contributed by atoms with Crippen molar-refractivity contribution in [2.75, 3.05) is 37.1 Å². The number of carbonyl (C=O) groups excluding carboxylic acids is 2. The quantitative estimate of drug-likeness (QED) is 0.354. The maximum absolute atomic E-state index is 12.2. The van der Waals surface area contributed by atoms with Gasteiger partial charge in [0.05, 0.1) is 15.9 Å². The summed E-state index contributed by atoms with van der Waals surface area (Å²) in [5, 5.41) is 3.16. The van der Waals surface area contributed by atoms with Gasteiger partial charge in [-0.05, 0) is 24.3 Å². The Morgan fingerprint density at radius 3 is 2.60 bits per heavy atom. The molecule has 0 spiro atoms. The fraction of sp³-hybridized carbons (Fsp3) is 0.211. The Morgan fingerprint density at radius 1 is 1.20 bits per heavy atom. The van der Waals surface area contributed by atoms with Crippen LogP contribution in [0.3, 0.4) is 0 Å². The molecule has 0 saturated carbocycles. The molecule has 0 aliphatic rings. The lowest BCUT2D eigenvalue weighted by atomic mass is 10.1. The molecule has 3 N–H and O–H groups in total. The lowest BCUT2D eigenvalue weighted by Gasteiger charge is -2.18. The number of benzene rings is 2. The van der Waals surface area contributed by atoms with Crippen LogP contribution >= 0.6 is 18.9 Å². The number of thiazole rings is 1. The topological polar surface area (TPSA) is 129 Å². The highest BCUT2D eigenvalue weighted by atomic mass is 32.1. The number of nitrogens with one attached hydrogen (secondary N) is 1. The van der Waals surface area contributed by atoms with Gasteiger partial charge in [0, 0.05) is 25.7 Å². The summed E-state index contributed by atoms with van der Waals surface area (Å²) in [5.41, 5.74) is 1.39. The van der Waals surface area contributed by atoms with E-state index < -0.39 is 19.5 Å². The van der Waals surface area contributed by atoms with Gasteiger partial charge in [-0.2, -0.15) is 0 Å². The number of para-hydroxylation sites is 1. The lowest BCUT2D eigenvalue weighted by Crippen LogP contribution is -2.20. The van der Waals surface area contributed by atoms with Gasteiger partial charge in [-0.3, -0.25) is 19.5 Å². The third-order valence-electron chi connectivity index (χ3n) is 4.01. The molecule has 0 radical (unpaired) electrons.